The molecular formula is C21H29N3O3S. The summed E-state index contributed by atoms with van der Waals surface area (Å²) in [6.45, 7) is 1.86. The Morgan fingerprint density at radius 1 is 0.964 bits per heavy atom. The van der Waals surface area contributed by atoms with Crippen LogP contribution < -0.4 is 10.6 Å². The van der Waals surface area contributed by atoms with E-state index in [0.717, 1.165) is 0 Å². The molecule has 2 aromatic carbocycles. The summed E-state index contributed by atoms with van der Waals surface area (Å²) < 4.78 is 27.5. The number of aliphatic imine (C=N–C) groups is 1. The molecule has 28 heavy (non-hydrogen) atoms. The van der Waals surface area contributed by atoms with E-state index in [-0.39, 0.29) is 18.3 Å². The van der Waals surface area contributed by atoms with E-state index in [2.05, 4.69) is 39.9 Å². The fourth-order valence-corrected chi connectivity index (χ4v) is 3.19. The zero-order chi connectivity index (χ0) is 20.2. The van der Waals surface area contributed by atoms with Crippen molar-refractivity contribution in [1.82, 2.24) is 10.6 Å². The van der Waals surface area contributed by atoms with Crippen LogP contribution in [0.15, 0.2) is 65.7 Å². The molecule has 2 rings (SSSR count). The molecule has 0 heterocycles. The van der Waals surface area contributed by atoms with Crippen molar-refractivity contribution >= 4 is 15.8 Å². The lowest BCUT2D eigenvalue weighted by molar-refractivity contribution is 0.154. The number of rotatable bonds is 10. The largest absolute Gasteiger partial charge is 0.379 e. The standard InChI is InChI=1S/C21H29N3O3S/c1-22-21(23-13-14-27-15-16-28(2,25)26)24-17-20(18-9-5-3-6-10-18)19-11-7-4-8-12-19/h3-12,20H,13-17H2,1-2H3,(H2,22,23,24). The van der Waals surface area contributed by atoms with Crippen molar-refractivity contribution in [2.45, 2.75) is 5.92 Å². The molecule has 2 N–H and O–H groups in total. The topological polar surface area (TPSA) is 79.8 Å². The Morgan fingerprint density at radius 2 is 1.54 bits per heavy atom. The van der Waals surface area contributed by atoms with Gasteiger partial charge >= 0.3 is 0 Å². The molecule has 2 aromatic rings. The Kier molecular flexibility index (Phi) is 8.97. The third kappa shape index (κ3) is 8.10. The molecule has 0 radical (unpaired) electrons. The predicted molar refractivity (Wildman–Crippen MR) is 115 cm³/mol. The molecule has 152 valence electrons. The summed E-state index contributed by atoms with van der Waals surface area (Å²) in [4.78, 5) is 4.25. The summed E-state index contributed by atoms with van der Waals surface area (Å²) in [6.07, 6.45) is 1.20. The molecule has 0 bridgehead atoms. The molecule has 0 atom stereocenters. The summed E-state index contributed by atoms with van der Waals surface area (Å²) in [5.41, 5.74) is 2.47. The monoisotopic (exact) mass is 403 g/mol. The lowest BCUT2D eigenvalue weighted by atomic mass is 9.91. The van der Waals surface area contributed by atoms with Gasteiger partial charge in [-0.3, -0.25) is 4.99 Å². The number of hydrogen-bond acceptors (Lipinski definition) is 4. The quantitative estimate of drug-likeness (QED) is 0.361. The van der Waals surface area contributed by atoms with Gasteiger partial charge in [0.15, 0.2) is 5.96 Å². The van der Waals surface area contributed by atoms with Gasteiger partial charge in [0, 0.05) is 32.3 Å². The van der Waals surface area contributed by atoms with Crippen LogP contribution >= 0.6 is 0 Å². The van der Waals surface area contributed by atoms with Crippen LogP contribution in [0.2, 0.25) is 0 Å². The molecule has 0 saturated carbocycles. The minimum atomic E-state index is -2.98. The van der Waals surface area contributed by atoms with Crippen LogP contribution in [0.5, 0.6) is 0 Å². The number of hydrogen-bond donors (Lipinski definition) is 2. The van der Waals surface area contributed by atoms with Gasteiger partial charge in [0.2, 0.25) is 0 Å². The Hall–Kier alpha value is -2.38. The highest BCUT2D eigenvalue weighted by Gasteiger charge is 2.14. The SMILES string of the molecule is CN=C(NCCOCCS(C)(=O)=O)NCC(c1ccccc1)c1ccccc1. The maximum Gasteiger partial charge on any atom is 0.191 e. The van der Waals surface area contributed by atoms with Crippen LogP contribution in [-0.2, 0) is 14.6 Å². The van der Waals surface area contributed by atoms with E-state index < -0.39 is 9.84 Å². The Bertz CT molecular complexity index is 785. The number of sulfone groups is 1. The third-order valence-corrected chi connectivity index (χ3v) is 5.15. The second kappa shape index (κ2) is 11.5. The number of benzene rings is 2. The first-order valence-electron chi connectivity index (χ1n) is 9.29. The van der Waals surface area contributed by atoms with Crippen molar-refractivity contribution in [3.8, 4) is 0 Å². The van der Waals surface area contributed by atoms with E-state index in [0.29, 0.717) is 25.7 Å². The molecule has 0 aromatic heterocycles. The molecule has 0 saturated heterocycles. The van der Waals surface area contributed by atoms with Gasteiger partial charge in [0.25, 0.3) is 0 Å². The van der Waals surface area contributed by atoms with Crippen LogP contribution in [-0.4, -0.2) is 59.7 Å². The lowest BCUT2D eigenvalue weighted by Crippen LogP contribution is -2.41. The minimum Gasteiger partial charge on any atom is -0.379 e. The lowest BCUT2D eigenvalue weighted by Gasteiger charge is -2.20. The maximum atomic E-state index is 11.1. The van der Waals surface area contributed by atoms with Gasteiger partial charge in [-0.15, -0.1) is 0 Å². The van der Waals surface area contributed by atoms with E-state index in [9.17, 15) is 8.42 Å². The molecular weight excluding hydrogens is 374 g/mol. The molecule has 0 aliphatic carbocycles. The average molecular weight is 404 g/mol. The molecule has 0 amide bonds. The summed E-state index contributed by atoms with van der Waals surface area (Å²) in [6, 6.07) is 20.7. The van der Waals surface area contributed by atoms with Crippen molar-refractivity contribution in [3.05, 3.63) is 71.8 Å². The molecule has 0 spiro atoms. The van der Waals surface area contributed by atoms with Crippen LogP contribution in [0.4, 0.5) is 0 Å². The molecule has 0 fully saturated rings. The molecule has 6 nitrogen and oxygen atoms in total. The van der Waals surface area contributed by atoms with Gasteiger partial charge in [-0.1, -0.05) is 60.7 Å². The number of ether oxygens (including phenoxy) is 1. The van der Waals surface area contributed by atoms with Gasteiger partial charge in [0.1, 0.15) is 9.84 Å². The minimum absolute atomic E-state index is 0.0375. The molecule has 0 unspecified atom stereocenters. The average Bonchev–Trinajstić information content (AvgIpc) is 2.70. The molecule has 7 heteroatoms. The smallest absolute Gasteiger partial charge is 0.191 e. The predicted octanol–water partition coefficient (Wildman–Crippen LogP) is 2.04. The fourth-order valence-electron chi connectivity index (χ4n) is 2.77. The molecule has 0 aliphatic rings. The zero-order valence-electron chi connectivity index (χ0n) is 16.5. The van der Waals surface area contributed by atoms with Gasteiger partial charge < -0.3 is 15.4 Å². The Morgan fingerprint density at radius 3 is 2.04 bits per heavy atom. The fraction of sp³-hybridized carbons (Fsp3) is 0.381. The van der Waals surface area contributed by atoms with Crippen molar-refractivity contribution in [2.75, 3.05) is 45.4 Å². The number of nitrogens with one attached hydrogen (secondary N) is 2. The second-order valence-electron chi connectivity index (χ2n) is 6.50. The normalized spacial score (nSPS) is 12.2. The van der Waals surface area contributed by atoms with Crippen molar-refractivity contribution in [2.24, 2.45) is 4.99 Å². The number of nitrogens with zero attached hydrogens (tertiary/aromatic N) is 1. The maximum absolute atomic E-state index is 11.1. The molecule has 0 aliphatic heterocycles. The van der Waals surface area contributed by atoms with E-state index in [4.69, 9.17) is 4.74 Å². The van der Waals surface area contributed by atoms with E-state index >= 15 is 0 Å². The Labute approximate surface area is 168 Å². The highest BCUT2D eigenvalue weighted by Crippen LogP contribution is 2.23. The van der Waals surface area contributed by atoms with Crippen molar-refractivity contribution in [3.63, 3.8) is 0 Å². The second-order valence-corrected chi connectivity index (χ2v) is 8.76. The van der Waals surface area contributed by atoms with E-state index in [1.54, 1.807) is 7.05 Å². The van der Waals surface area contributed by atoms with Crippen LogP contribution in [0.1, 0.15) is 17.0 Å². The zero-order valence-corrected chi connectivity index (χ0v) is 17.3. The summed E-state index contributed by atoms with van der Waals surface area (Å²) in [5, 5.41) is 6.56. The first-order chi connectivity index (χ1) is 13.5. The Balaban J connectivity index is 1.85. The van der Waals surface area contributed by atoms with Crippen LogP contribution in [0.3, 0.4) is 0 Å². The summed E-state index contributed by atoms with van der Waals surface area (Å²) in [7, 11) is -1.26. The highest BCUT2D eigenvalue weighted by atomic mass is 32.2. The summed E-state index contributed by atoms with van der Waals surface area (Å²) >= 11 is 0. The van der Waals surface area contributed by atoms with Crippen LogP contribution in [0, 0.1) is 0 Å². The van der Waals surface area contributed by atoms with Crippen LogP contribution in [0.25, 0.3) is 0 Å². The summed E-state index contributed by atoms with van der Waals surface area (Å²) in [5.74, 6) is 0.922. The van der Waals surface area contributed by atoms with E-state index in [1.807, 2.05) is 36.4 Å². The van der Waals surface area contributed by atoms with Gasteiger partial charge in [-0.25, -0.2) is 8.42 Å². The third-order valence-electron chi connectivity index (χ3n) is 4.24. The van der Waals surface area contributed by atoms with Crippen molar-refractivity contribution < 1.29 is 13.2 Å². The van der Waals surface area contributed by atoms with E-state index in [1.165, 1.54) is 17.4 Å². The van der Waals surface area contributed by atoms with Crippen molar-refractivity contribution in [1.29, 1.82) is 0 Å². The number of guanidine groups is 1. The first kappa shape index (κ1) is 21.9. The van der Waals surface area contributed by atoms with Gasteiger partial charge in [-0.05, 0) is 11.1 Å². The first-order valence-corrected chi connectivity index (χ1v) is 11.4. The highest BCUT2D eigenvalue weighted by molar-refractivity contribution is 7.90. The van der Waals surface area contributed by atoms with Gasteiger partial charge in [-0.2, -0.15) is 0 Å². The van der Waals surface area contributed by atoms with Gasteiger partial charge in [0.05, 0.1) is 19.0 Å².